The highest BCUT2D eigenvalue weighted by molar-refractivity contribution is 7.98. The molecule has 0 saturated carbocycles. The van der Waals surface area contributed by atoms with Gasteiger partial charge in [0, 0.05) is 31.5 Å². The van der Waals surface area contributed by atoms with Gasteiger partial charge in [-0.1, -0.05) is 41.6 Å². The summed E-state index contributed by atoms with van der Waals surface area (Å²) in [6.45, 7) is -0.261. The van der Waals surface area contributed by atoms with Crippen LogP contribution in [0.4, 0.5) is 5.82 Å². The fraction of sp³-hybridized carbons (Fsp3) is 0.174. The van der Waals surface area contributed by atoms with Crippen LogP contribution in [0.15, 0.2) is 82.6 Å². The van der Waals surface area contributed by atoms with Crippen LogP contribution in [0.3, 0.4) is 0 Å². The lowest BCUT2D eigenvalue weighted by Gasteiger charge is -2.09. The molecule has 4 rings (SSSR count). The van der Waals surface area contributed by atoms with Crippen LogP contribution in [0, 0.1) is 0 Å². The van der Waals surface area contributed by atoms with E-state index < -0.39 is 7.82 Å². The second kappa shape index (κ2) is 10.9. The van der Waals surface area contributed by atoms with Crippen LogP contribution in [0.1, 0.15) is 16.8 Å². The smallest absolute Gasteiger partial charge is 0.356 e. The van der Waals surface area contributed by atoms with E-state index in [0.29, 0.717) is 23.6 Å². The molecular formula is C23H24N4O5PS+. The Hall–Kier alpha value is -3.01. The third-order valence-electron chi connectivity index (χ3n) is 4.94. The summed E-state index contributed by atoms with van der Waals surface area (Å²) in [6, 6.07) is 19.6. The Balaban J connectivity index is 1.40. The Morgan fingerprint density at radius 2 is 1.97 bits per heavy atom. The second-order valence-electron chi connectivity index (χ2n) is 7.32. The third kappa shape index (κ3) is 6.31. The Morgan fingerprint density at radius 1 is 1.15 bits per heavy atom. The van der Waals surface area contributed by atoms with Crippen molar-refractivity contribution in [2.24, 2.45) is 0 Å². The minimum atomic E-state index is -4.12. The summed E-state index contributed by atoms with van der Waals surface area (Å²) >= 11 is 1.69. The first-order valence-corrected chi connectivity index (χ1v) is 12.8. The monoisotopic (exact) mass is 499 g/mol. The zero-order chi connectivity index (χ0) is 24.0. The number of benzene rings is 1. The van der Waals surface area contributed by atoms with Gasteiger partial charge in [-0.3, -0.25) is 10.3 Å². The molecule has 0 radical (unpaired) electrons. The van der Waals surface area contributed by atoms with Crippen molar-refractivity contribution in [3.8, 4) is 11.3 Å². The van der Waals surface area contributed by atoms with Crippen LogP contribution in [0.2, 0.25) is 0 Å². The summed E-state index contributed by atoms with van der Waals surface area (Å²) in [6.07, 6.45) is 4.01. The summed E-state index contributed by atoms with van der Waals surface area (Å²) in [5.74, 6) is 1.64. The van der Waals surface area contributed by atoms with Crippen molar-refractivity contribution in [3.05, 3.63) is 89.9 Å². The molecular weight excluding hydrogens is 475 g/mol. The molecule has 0 aliphatic heterocycles. The van der Waals surface area contributed by atoms with Gasteiger partial charge >= 0.3 is 7.82 Å². The van der Waals surface area contributed by atoms with Crippen LogP contribution >= 0.6 is 19.6 Å². The van der Waals surface area contributed by atoms with Crippen LogP contribution < -0.4 is 10.3 Å². The van der Waals surface area contributed by atoms with E-state index in [1.165, 1.54) is 10.1 Å². The molecule has 1 aromatic carbocycles. The molecule has 0 fully saturated rings. The van der Waals surface area contributed by atoms with Crippen molar-refractivity contribution < 1.29 is 27.6 Å². The second-order valence-corrected chi connectivity index (χ2v) is 9.88. The molecule has 34 heavy (non-hydrogen) atoms. The van der Waals surface area contributed by atoms with E-state index in [4.69, 9.17) is 14.8 Å². The maximum Gasteiger partial charge on any atom is 0.475 e. The van der Waals surface area contributed by atoms with Crippen LogP contribution in [0.5, 0.6) is 0 Å². The summed E-state index contributed by atoms with van der Waals surface area (Å²) in [7, 11) is -3.03. The molecule has 0 aliphatic carbocycles. The molecule has 3 aromatic heterocycles. The van der Waals surface area contributed by atoms with Crippen LogP contribution in [-0.2, 0) is 32.5 Å². The number of thioether (sulfide) groups is 1. The molecule has 3 N–H and O–H groups in total. The van der Waals surface area contributed by atoms with Gasteiger partial charge in [0.05, 0.1) is 16.9 Å². The normalized spacial score (nSPS) is 13.0. The number of rotatable bonds is 10. The maximum absolute atomic E-state index is 11.5. The number of nitrogen functional groups attached to an aromatic ring is 1. The number of nitrogens with zero attached hydrogens (tertiary/aromatic N) is 3. The van der Waals surface area contributed by atoms with E-state index >= 15 is 0 Å². The quantitative estimate of drug-likeness (QED) is 0.188. The van der Waals surface area contributed by atoms with E-state index in [9.17, 15) is 9.46 Å². The van der Waals surface area contributed by atoms with Crippen LogP contribution in [0.25, 0.3) is 11.3 Å². The van der Waals surface area contributed by atoms with Crippen molar-refractivity contribution in [1.82, 2.24) is 10.1 Å². The van der Waals surface area contributed by atoms with E-state index in [0.717, 1.165) is 29.1 Å². The number of nitrogens with two attached hydrogens (primary N) is 1. The van der Waals surface area contributed by atoms with Crippen LogP contribution in [-0.4, -0.2) is 22.1 Å². The highest BCUT2D eigenvalue weighted by Gasteiger charge is 2.22. The first-order chi connectivity index (χ1) is 16.4. The van der Waals surface area contributed by atoms with E-state index in [1.54, 1.807) is 36.2 Å². The average Bonchev–Trinajstić information content (AvgIpc) is 3.32. The van der Waals surface area contributed by atoms with Gasteiger partial charge in [0.1, 0.15) is 5.56 Å². The maximum atomic E-state index is 11.5. The fourth-order valence-electron chi connectivity index (χ4n) is 3.14. The summed E-state index contributed by atoms with van der Waals surface area (Å²) in [4.78, 5) is 14.0. The number of phosphoric acid groups is 1. The molecule has 3 heterocycles. The number of aromatic nitrogens is 3. The summed E-state index contributed by atoms with van der Waals surface area (Å²) in [5.41, 5.74) is 9.78. The molecule has 0 aliphatic rings. The van der Waals surface area contributed by atoms with Gasteiger partial charge in [-0.25, -0.2) is 18.6 Å². The van der Waals surface area contributed by atoms with Crippen molar-refractivity contribution >= 4 is 25.4 Å². The van der Waals surface area contributed by atoms with Gasteiger partial charge in [0.25, 0.3) is 5.82 Å². The van der Waals surface area contributed by atoms with Crippen molar-refractivity contribution in [2.45, 2.75) is 23.9 Å². The first-order valence-electron chi connectivity index (χ1n) is 10.3. The van der Waals surface area contributed by atoms with E-state index in [1.807, 2.05) is 36.5 Å². The molecule has 0 spiro atoms. The molecule has 0 saturated heterocycles. The van der Waals surface area contributed by atoms with Gasteiger partial charge in [-0.15, -0.1) is 11.8 Å². The molecule has 11 heteroatoms. The van der Waals surface area contributed by atoms with Gasteiger partial charge in [-0.05, 0) is 29.3 Å². The lowest BCUT2D eigenvalue weighted by atomic mass is 10.1. The van der Waals surface area contributed by atoms with Crippen molar-refractivity contribution in [3.63, 3.8) is 0 Å². The van der Waals surface area contributed by atoms with E-state index in [2.05, 4.69) is 26.8 Å². The van der Waals surface area contributed by atoms with Crippen molar-refractivity contribution in [2.75, 3.05) is 12.8 Å². The number of pyridine rings is 2. The van der Waals surface area contributed by atoms with E-state index in [-0.39, 0.29) is 6.73 Å². The van der Waals surface area contributed by atoms with Gasteiger partial charge < -0.3 is 9.42 Å². The predicted molar refractivity (Wildman–Crippen MR) is 128 cm³/mol. The predicted octanol–water partition coefficient (Wildman–Crippen LogP) is 4.21. The van der Waals surface area contributed by atoms with Gasteiger partial charge in [0.15, 0.2) is 5.76 Å². The number of hydrogen-bond acceptors (Lipinski definition) is 8. The highest BCUT2D eigenvalue weighted by atomic mass is 32.2. The topological polar surface area (TPSA) is 125 Å². The standard InChI is InChI=1S/C23H23N4O5PS/c1-30-33(28,29)31-16-27-11-5-8-20(23(27)24)21-13-19(26-32-21)12-18-9-10-22(25-14-18)34-15-17-6-3-2-4-7-17/h2-11,13-14,24H,12,15-16H2,1H3,(H,28,29)/p+1. The third-order valence-corrected chi connectivity index (χ3v) is 6.86. The molecule has 0 amide bonds. The molecule has 9 nitrogen and oxygen atoms in total. The Labute approximate surface area is 201 Å². The lowest BCUT2D eigenvalue weighted by Crippen LogP contribution is -2.38. The average molecular weight is 500 g/mol. The Morgan fingerprint density at radius 3 is 2.71 bits per heavy atom. The largest absolute Gasteiger partial charge is 0.475 e. The zero-order valence-corrected chi connectivity index (χ0v) is 20.1. The highest BCUT2D eigenvalue weighted by Crippen LogP contribution is 2.41. The Bertz CT molecular complexity index is 1280. The molecule has 176 valence electrons. The minimum Gasteiger partial charge on any atom is -0.356 e. The van der Waals surface area contributed by atoms with Gasteiger partial charge in [-0.2, -0.15) is 0 Å². The zero-order valence-electron chi connectivity index (χ0n) is 18.4. The van der Waals surface area contributed by atoms with Crippen molar-refractivity contribution in [1.29, 1.82) is 0 Å². The fourth-order valence-corrected chi connectivity index (χ4v) is 4.31. The molecule has 1 atom stereocenters. The SMILES string of the molecule is COP(=O)(O)OC[n+]1cccc(-c2cc(Cc3ccc(SCc4ccccc4)nc3)no2)c1N. The molecule has 4 aromatic rings. The molecule has 1 unspecified atom stereocenters. The number of phosphoric ester groups is 1. The molecule has 0 bridgehead atoms. The Kier molecular flexibility index (Phi) is 7.77. The first kappa shape index (κ1) is 24.1. The lowest BCUT2D eigenvalue weighted by molar-refractivity contribution is -0.711. The summed E-state index contributed by atoms with van der Waals surface area (Å²) < 4.78 is 27.8. The van der Waals surface area contributed by atoms with Gasteiger partial charge in [0.2, 0.25) is 6.73 Å². The number of anilines is 1. The minimum absolute atomic E-state index is 0.261. The summed E-state index contributed by atoms with van der Waals surface area (Å²) in [5, 5.41) is 5.10. The number of hydrogen-bond donors (Lipinski definition) is 2.